The fourth-order valence-electron chi connectivity index (χ4n) is 3.21. The predicted molar refractivity (Wildman–Crippen MR) is 75.4 cm³/mol. The van der Waals surface area contributed by atoms with Gasteiger partial charge in [-0.3, -0.25) is 9.59 Å². The summed E-state index contributed by atoms with van der Waals surface area (Å²) in [7, 11) is -3.23. The number of piperazine rings is 1. The lowest BCUT2D eigenvalue weighted by Crippen LogP contribution is -2.61. The van der Waals surface area contributed by atoms with Gasteiger partial charge in [0.2, 0.25) is 5.91 Å². The highest BCUT2D eigenvalue weighted by molar-refractivity contribution is 7.91. The lowest BCUT2D eigenvalue weighted by atomic mass is 10.0. The second-order valence-corrected chi connectivity index (χ2v) is 7.66. The van der Waals surface area contributed by atoms with Crippen molar-refractivity contribution in [3.8, 4) is 0 Å². The van der Waals surface area contributed by atoms with Crippen LogP contribution < -0.4 is 0 Å². The lowest BCUT2D eigenvalue weighted by Gasteiger charge is -2.43. The number of aromatic nitrogens is 1. The first-order chi connectivity index (χ1) is 9.89. The first kappa shape index (κ1) is 14.1. The van der Waals surface area contributed by atoms with Crippen LogP contribution in [-0.2, 0) is 14.6 Å². The number of sulfone groups is 1. The minimum absolute atomic E-state index is 0.0637. The molecule has 114 valence electrons. The molecule has 0 bridgehead atoms. The molecule has 0 saturated carbocycles. The van der Waals surface area contributed by atoms with Gasteiger partial charge in [-0.25, -0.2) is 8.42 Å². The van der Waals surface area contributed by atoms with Crippen molar-refractivity contribution in [2.24, 2.45) is 0 Å². The summed E-state index contributed by atoms with van der Waals surface area (Å²) in [6, 6.07) is 2.50. The number of fused-ring (bicyclic) bond motifs is 1. The zero-order valence-corrected chi connectivity index (χ0v) is 12.5. The molecule has 2 saturated heterocycles. The molecule has 2 aliphatic rings. The Balaban J connectivity index is 1.91. The molecule has 3 rings (SSSR count). The minimum atomic E-state index is -3.23. The Morgan fingerprint density at radius 3 is 2.38 bits per heavy atom. The molecule has 0 aromatic carbocycles. The summed E-state index contributed by atoms with van der Waals surface area (Å²) < 4.78 is 23.9. The number of nitrogens with zero attached hydrogens (tertiary/aromatic N) is 2. The van der Waals surface area contributed by atoms with E-state index in [0.717, 1.165) is 0 Å². The van der Waals surface area contributed by atoms with Gasteiger partial charge >= 0.3 is 0 Å². The van der Waals surface area contributed by atoms with Crippen LogP contribution in [0, 0.1) is 0 Å². The number of amides is 2. The molecule has 2 atom stereocenters. The number of hydrogen-bond donors (Lipinski definition) is 1. The molecule has 3 heterocycles. The van der Waals surface area contributed by atoms with Gasteiger partial charge in [-0.05, 0) is 12.1 Å². The van der Waals surface area contributed by atoms with Crippen molar-refractivity contribution in [3.63, 3.8) is 0 Å². The largest absolute Gasteiger partial charge is 0.357 e. The SMILES string of the molecule is CC(=O)N1CCN(C(=O)c2ccc[nH]2)[C@@H]2CS(=O)(=O)C[C@@H]21. The summed E-state index contributed by atoms with van der Waals surface area (Å²) in [5.74, 6) is -0.496. The molecule has 0 aliphatic carbocycles. The Hall–Kier alpha value is -1.83. The van der Waals surface area contributed by atoms with Crippen LogP contribution in [0.3, 0.4) is 0 Å². The van der Waals surface area contributed by atoms with E-state index in [1.165, 1.54) is 6.92 Å². The standard InChI is InChI=1S/C13H17N3O4S/c1-9(17)15-5-6-16(13(18)10-3-2-4-14-10)12-8-21(19,20)7-11(12)15/h2-4,11-12,14H,5-8H2,1H3/t11-,12+/m0/s1. The molecule has 0 spiro atoms. The number of nitrogens with one attached hydrogen (secondary N) is 1. The van der Waals surface area contributed by atoms with Gasteiger partial charge in [-0.2, -0.15) is 0 Å². The van der Waals surface area contributed by atoms with Gasteiger partial charge in [-0.1, -0.05) is 0 Å². The number of carbonyl (C=O) groups excluding carboxylic acids is 2. The van der Waals surface area contributed by atoms with Crippen LogP contribution in [0.25, 0.3) is 0 Å². The highest BCUT2D eigenvalue weighted by Gasteiger charge is 2.49. The Morgan fingerprint density at radius 1 is 1.19 bits per heavy atom. The zero-order chi connectivity index (χ0) is 15.2. The first-order valence-electron chi connectivity index (χ1n) is 6.81. The fourth-order valence-corrected chi connectivity index (χ4v) is 5.20. The van der Waals surface area contributed by atoms with E-state index in [4.69, 9.17) is 0 Å². The van der Waals surface area contributed by atoms with Gasteiger partial charge < -0.3 is 14.8 Å². The molecule has 21 heavy (non-hydrogen) atoms. The van der Waals surface area contributed by atoms with Gasteiger partial charge in [-0.15, -0.1) is 0 Å². The van der Waals surface area contributed by atoms with Crippen LogP contribution in [0.15, 0.2) is 18.3 Å². The Morgan fingerprint density at radius 2 is 1.81 bits per heavy atom. The fraction of sp³-hybridized carbons (Fsp3) is 0.538. The first-order valence-corrected chi connectivity index (χ1v) is 8.63. The predicted octanol–water partition coefficient (Wildman–Crippen LogP) is -0.515. The molecule has 1 aromatic rings. The van der Waals surface area contributed by atoms with Crippen LogP contribution in [-0.4, -0.2) is 71.7 Å². The Labute approximate surface area is 122 Å². The molecule has 0 unspecified atom stereocenters. The molecule has 0 radical (unpaired) electrons. The molecule has 1 aromatic heterocycles. The van der Waals surface area contributed by atoms with Crippen molar-refractivity contribution in [3.05, 3.63) is 24.0 Å². The van der Waals surface area contributed by atoms with Gasteiger partial charge in [0, 0.05) is 26.2 Å². The second kappa shape index (κ2) is 4.87. The quantitative estimate of drug-likeness (QED) is 0.756. The van der Waals surface area contributed by atoms with Crippen molar-refractivity contribution in [1.82, 2.24) is 14.8 Å². The van der Waals surface area contributed by atoms with Crippen LogP contribution in [0.5, 0.6) is 0 Å². The van der Waals surface area contributed by atoms with Crippen LogP contribution >= 0.6 is 0 Å². The average molecular weight is 311 g/mol. The summed E-state index contributed by atoms with van der Waals surface area (Å²) in [5.41, 5.74) is 0.439. The molecular weight excluding hydrogens is 294 g/mol. The van der Waals surface area contributed by atoms with Gasteiger partial charge in [0.25, 0.3) is 5.91 Å². The van der Waals surface area contributed by atoms with Gasteiger partial charge in [0.05, 0.1) is 23.6 Å². The van der Waals surface area contributed by atoms with E-state index in [1.807, 2.05) is 0 Å². The minimum Gasteiger partial charge on any atom is -0.357 e. The van der Waals surface area contributed by atoms with Crippen molar-refractivity contribution in [2.75, 3.05) is 24.6 Å². The molecule has 8 heteroatoms. The van der Waals surface area contributed by atoms with Crippen molar-refractivity contribution in [1.29, 1.82) is 0 Å². The third-order valence-electron chi connectivity index (χ3n) is 4.17. The highest BCUT2D eigenvalue weighted by Crippen LogP contribution is 2.28. The van der Waals surface area contributed by atoms with Crippen molar-refractivity contribution in [2.45, 2.75) is 19.0 Å². The van der Waals surface area contributed by atoms with Gasteiger partial charge in [0.15, 0.2) is 9.84 Å². The highest BCUT2D eigenvalue weighted by atomic mass is 32.2. The number of H-pyrrole nitrogens is 1. The summed E-state index contributed by atoms with van der Waals surface area (Å²) in [4.78, 5) is 30.2. The maximum Gasteiger partial charge on any atom is 0.270 e. The van der Waals surface area contributed by atoms with Crippen LogP contribution in [0.1, 0.15) is 17.4 Å². The lowest BCUT2D eigenvalue weighted by molar-refractivity contribution is -0.133. The van der Waals surface area contributed by atoms with Crippen LogP contribution in [0.4, 0.5) is 0 Å². The maximum absolute atomic E-state index is 12.5. The van der Waals surface area contributed by atoms with E-state index in [9.17, 15) is 18.0 Å². The number of aromatic amines is 1. The third-order valence-corrected chi connectivity index (χ3v) is 5.87. The van der Waals surface area contributed by atoms with Crippen LogP contribution in [0.2, 0.25) is 0 Å². The monoisotopic (exact) mass is 311 g/mol. The normalized spacial score (nSPS) is 27.5. The Bertz CT molecular complexity index is 668. The second-order valence-electron chi connectivity index (χ2n) is 5.51. The molecule has 2 aliphatic heterocycles. The number of carbonyl (C=O) groups is 2. The van der Waals surface area contributed by atoms with E-state index >= 15 is 0 Å². The van der Waals surface area contributed by atoms with E-state index in [2.05, 4.69) is 4.98 Å². The zero-order valence-electron chi connectivity index (χ0n) is 11.7. The summed E-state index contributed by atoms with van der Waals surface area (Å²) in [5, 5.41) is 0. The van der Waals surface area contributed by atoms with Gasteiger partial charge in [0.1, 0.15) is 5.69 Å². The summed E-state index contributed by atoms with van der Waals surface area (Å²) >= 11 is 0. The van der Waals surface area contributed by atoms with E-state index in [-0.39, 0.29) is 23.3 Å². The van der Waals surface area contributed by atoms with Crippen molar-refractivity contribution < 1.29 is 18.0 Å². The third kappa shape index (κ3) is 2.44. The molecular formula is C13H17N3O4S. The summed E-state index contributed by atoms with van der Waals surface area (Å²) in [6.07, 6.45) is 1.65. The smallest absolute Gasteiger partial charge is 0.270 e. The maximum atomic E-state index is 12.5. The summed E-state index contributed by atoms with van der Waals surface area (Å²) in [6.45, 7) is 2.16. The van der Waals surface area contributed by atoms with E-state index < -0.39 is 21.9 Å². The number of rotatable bonds is 1. The number of hydrogen-bond acceptors (Lipinski definition) is 4. The molecule has 2 amide bonds. The molecule has 1 N–H and O–H groups in total. The molecule has 7 nitrogen and oxygen atoms in total. The van der Waals surface area contributed by atoms with Crippen molar-refractivity contribution >= 4 is 21.7 Å². The van der Waals surface area contributed by atoms with E-state index in [1.54, 1.807) is 28.1 Å². The Kier molecular flexibility index (Phi) is 3.27. The van der Waals surface area contributed by atoms with E-state index in [0.29, 0.717) is 18.8 Å². The average Bonchev–Trinajstić information content (AvgIpc) is 3.01. The topological polar surface area (TPSA) is 90.6 Å². The molecule has 2 fully saturated rings.